The third-order valence-corrected chi connectivity index (χ3v) is 5.08. The fourth-order valence-electron chi connectivity index (χ4n) is 3.23. The number of halogens is 1. The minimum absolute atomic E-state index is 0.0116. The molecule has 0 unspecified atom stereocenters. The topological polar surface area (TPSA) is 44.8 Å². The standard InChI is InChI=1S/C21H26ClN3O2/c1-27-20-7-3-4-17(15-20)8-9-24-10-12-25(13-11-24)21(26)23-16-18-5-2-6-19(22)14-18/h2-7,14-15H,8-13,16H2,1H3,(H,23,26). The van der Waals surface area contributed by atoms with Crippen LogP contribution in [0.4, 0.5) is 4.79 Å². The van der Waals surface area contributed by atoms with Gasteiger partial charge in [0.25, 0.3) is 0 Å². The lowest BCUT2D eigenvalue weighted by molar-refractivity contribution is 0.140. The SMILES string of the molecule is COc1cccc(CCN2CCN(C(=O)NCc3cccc(Cl)c3)CC2)c1. The summed E-state index contributed by atoms with van der Waals surface area (Å²) in [4.78, 5) is 16.6. The van der Waals surface area contributed by atoms with E-state index >= 15 is 0 Å². The van der Waals surface area contributed by atoms with Crippen LogP contribution in [0.25, 0.3) is 0 Å². The highest BCUT2D eigenvalue weighted by atomic mass is 35.5. The zero-order valence-electron chi connectivity index (χ0n) is 15.7. The van der Waals surface area contributed by atoms with Gasteiger partial charge in [-0.25, -0.2) is 4.79 Å². The molecular weight excluding hydrogens is 362 g/mol. The van der Waals surface area contributed by atoms with Crippen LogP contribution in [0, 0.1) is 0 Å². The van der Waals surface area contributed by atoms with Gasteiger partial charge in [0.1, 0.15) is 5.75 Å². The number of piperazine rings is 1. The molecule has 2 amide bonds. The number of nitrogens with zero attached hydrogens (tertiary/aromatic N) is 2. The molecule has 144 valence electrons. The number of nitrogens with one attached hydrogen (secondary N) is 1. The second kappa shape index (κ2) is 9.62. The third kappa shape index (κ3) is 5.88. The Hall–Kier alpha value is -2.24. The lowest BCUT2D eigenvalue weighted by Gasteiger charge is -2.34. The molecule has 6 heteroatoms. The highest BCUT2D eigenvalue weighted by molar-refractivity contribution is 6.30. The van der Waals surface area contributed by atoms with E-state index in [-0.39, 0.29) is 6.03 Å². The maximum atomic E-state index is 12.4. The molecule has 1 fully saturated rings. The van der Waals surface area contributed by atoms with Gasteiger partial charge in [-0.15, -0.1) is 0 Å². The molecule has 0 spiro atoms. The number of amides is 2. The van der Waals surface area contributed by atoms with Gasteiger partial charge >= 0.3 is 6.03 Å². The van der Waals surface area contributed by atoms with E-state index in [2.05, 4.69) is 22.3 Å². The number of ether oxygens (including phenoxy) is 1. The molecule has 5 nitrogen and oxygen atoms in total. The number of benzene rings is 2. The Labute approximate surface area is 165 Å². The fourth-order valence-corrected chi connectivity index (χ4v) is 3.44. The molecule has 2 aromatic carbocycles. The van der Waals surface area contributed by atoms with Crippen LogP contribution >= 0.6 is 11.6 Å². The van der Waals surface area contributed by atoms with Crippen molar-refractivity contribution in [3.8, 4) is 5.75 Å². The smallest absolute Gasteiger partial charge is 0.317 e. The average molecular weight is 388 g/mol. The van der Waals surface area contributed by atoms with Crippen molar-refractivity contribution in [2.45, 2.75) is 13.0 Å². The van der Waals surface area contributed by atoms with Crippen LogP contribution in [0.2, 0.25) is 5.02 Å². The summed E-state index contributed by atoms with van der Waals surface area (Å²) in [5, 5.41) is 3.66. The Bertz CT molecular complexity index is 761. The minimum atomic E-state index is -0.0116. The van der Waals surface area contributed by atoms with Gasteiger partial charge in [-0.1, -0.05) is 35.9 Å². The van der Waals surface area contributed by atoms with Crippen molar-refractivity contribution >= 4 is 17.6 Å². The van der Waals surface area contributed by atoms with E-state index in [1.165, 1.54) is 5.56 Å². The molecule has 1 aliphatic heterocycles. The first kappa shape index (κ1) is 19.5. The van der Waals surface area contributed by atoms with Crippen LogP contribution in [0.15, 0.2) is 48.5 Å². The molecular formula is C21H26ClN3O2. The first-order valence-corrected chi connectivity index (χ1v) is 9.64. The second-order valence-corrected chi connectivity index (χ2v) is 7.16. The molecule has 1 saturated heterocycles. The van der Waals surface area contributed by atoms with Gasteiger partial charge in [0, 0.05) is 44.3 Å². The maximum absolute atomic E-state index is 12.4. The van der Waals surface area contributed by atoms with Gasteiger partial charge in [0.05, 0.1) is 7.11 Å². The van der Waals surface area contributed by atoms with E-state index in [0.717, 1.165) is 50.5 Å². The number of urea groups is 1. The summed E-state index contributed by atoms with van der Waals surface area (Å²) in [5.74, 6) is 0.897. The van der Waals surface area contributed by atoms with Gasteiger partial charge in [-0.2, -0.15) is 0 Å². The van der Waals surface area contributed by atoms with Crippen LogP contribution in [-0.4, -0.2) is 55.7 Å². The first-order valence-electron chi connectivity index (χ1n) is 9.26. The van der Waals surface area contributed by atoms with Crippen molar-refractivity contribution in [2.24, 2.45) is 0 Å². The highest BCUT2D eigenvalue weighted by Gasteiger charge is 2.20. The molecule has 1 aliphatic rings. The number of methoxy groups -OCH3 is 1. The van der Waals surface area contributed by atoms with Gasteiger partial charge in [-0.3, -0.25) is 4.90 Å². The maximum Gasteiger partial charge on any atom is 0.317 e. The van der Waals surface area contributed by atoms with Crippen molar-refractivity contribution in [1.29, 1.82) is 0 Å². The summed E-state index contributed by atoms with van der Waals surface area (Å²) < 4.78 is 5.28. The molecule has 1 heterocycles. The molecule has 0 bridgehead atoms. The Morgan fingerprint density at radius 2 is 1.81 bits per heavy atom. The molecule has 0 atom stereocenters. The predicted octanol–water partition coefficient (Wildman–Crippen LogP) is 3.42. The summed E-state index contributed by atoms with van der Waals surface area (Å²) in [7, 11) is 1.69. The van der Waals surface area contributed by atoms with E-state index < -0.39 is 0 Å². The Morgan fingerprint density at radius 3 is 2.56 bits per heavy atom. The summed E-state index contributed by atoms with van der Waals surface area (Å²) in [6.07, 6.45) is 0.984. The lowest BCUT2D eigenvalue weighted by Crippen LogP contribution is -2.51. The molecule has 0 aliphatic carbocycles. The Kier molecular flexibility index (Phi) is 6.96. The number of hydrogen-bond acceptors (Lipinski definition) is 3. The van der Waals surface area contributed by atoms with Gasteiger partial charge < -0.3 is 15.0 Å². The quantitative estimate of drug-likeness (QED) is 0.826. The molecule has 2 aromatic rings. The summed E-state index contributed by atoms with van der Waals surface area (Å²) in [5.41, 5.74) is 2.28. The van der Waals surface area contributed by atoms with Crippen molar-refractivity contribution in [3.05, 3.63) is 64.7 Å². The molecule has 0 saturated carbocycles. The molecule has 0 radical (unpaired) electrons. The lowest BCUT2D eigenvalue weighted by atomic mass is 10.1. The Morgan fingerprint density at radius 1 is 1.07 bits per heavy atom. The summed E-state index contributed by atoms with van der Waals surface area (Å²) >= 11 is 5.98. The van der Waals surface area contributed by atoms with E-state index in [1.54, 1.807) is 7.11 Å². The van der Waals surface area contributed by atoms with E-state index in [4.69, 9.17) is 16.3 Å². The highest BCUT2D eigenvalue weighted by Crippen LogP contribution is 2.14. The van der Waals surface area contributed by atoms with E-state index in [1.807, 2.05) is 41.3 Å². The van der Waals surface area contributed by atoms with Gasteiger partial charge in [-0.05, 0) is 41.8 Å². The third-order valence-electron chi connectivity index (χ3n) is 4.84. The summed E-state index contributed by atoms with van der Waals surface area (Å²) in [6, 6.07) is 15.7. The van der Waals surface area contributed by atoms with Crippen LogP contribution in [0.1, 0.15) is 11.1 Å². The van der Waals surface area contributed by atoms with Gasteiger partial charge in [0.15, 0.2) is 0 Å². The Balaban J connectivity index is 1.39. The molecule has 1 N–H and O–H groups in total. The van der Waals surface area contributed by atoms with E-state index in [0.29, 0.717) is 11.6 Å². The number of rotatable bonds is 6. The molecule has 0 aromatic heterocycles. The zero-order valence-corrected chi connectivity index (χ0v) is 16.4. The van der Waals surface area contributed by atoms with Crippen LogP contribution in [0.5, 0.6) is 5.75 Å². The second-order valence-electron chi connectivity index (χ2n) is 6.72. The molecule has 27 heavy (non-hydrogen) atoms. The van der Waals surface area contributed by atoms with E-state index in [9.17, 15) is 4.79 Å². The first-order chi connectivity index (χ1) is 13.1. The average Bonchev–Trinajstić information content (AvgIpc) is 2.71. The van der Waals surface area contributed by atoms with Crippen molar-refractivity contribution in [1.82, 2.24) is 15.1 Å². The minimum Gasteiger partial charge on any atom is -0.497 e. The number of carbonyl (C=O) groups excluding carboxylic acids is 1. The summed E-state index contributed by atoms with van der Waals surface area (Å²) in [6.45, 7) is 4.78. The van der Waals surface area contributed by atoms with Crippen molar-refractivity contribution in [2.75, 3.05) is 39.8 Å². The van der Waals surface area contributed by atoms with Crippen LogP contribution in [0.3, 0.4) is 0 Å². The number of hydrogen-bond donors (Lipinski definition) is 1. The van der Waals surface area contributed by atoms with Crippen molar-refractivity contribution < 1.29 is 9.53 Å². The van der Waals surface area contributed by atoms with Crippen LogP contribution < -0.4 is 10.1 Å². The zero-order chi connectivity index (χ0) is 19.1. The normalized spacial score (nSPS) is 14.8. The van der Waals surface area contributed by atoms with Gasteiger partial charge in [0.2, 0.25) is 0 Å². The monoisotopic (exact) mass is 387 g/mol. The fraction of sp³-hybridized carbons (Fsp3) is 0.381. The van der Waals surface area contributed by atoms with Crippen LogP contribution in [-0.2, 0) is 13.0 Å². The predicted molar refractivity (Wildman–Crippen MR) is 108 cm³/mol. The largest absolute Gasteiger partial charge is 0.497 e. The molecule has 3 rings (SSSR count). The number of carbonyl (C=O) groups is 1. The van der Waals surface area contributed by atoms with Crippen molar-refractivity contribution in [3.63, 3.8) is 0 Å².